The molecular formula is C11H11NO4S. The number of carboxylic acid groups (broad SMARTS) is 1. The van der Waals surface area contributed by atoms with Crippen LogP contribution < -0.4 is 0 Å². The highest BCUT2D eigenvalue weighted by Gasteiger charge is 2.45. The predicted molar refractivity (Wildman–Crippen MR) is 63.0 cm³/mol. The lowest BCUT2D eigenvalue weighted by atomic mass is 10.1. The van der Waals surface area contributed by atoms with E-state index in [0.29, 0.717) is 0 Å². The van der Waals surface area contributed by atoms with Gasteiger partial charge in [0.25, 0.3) is 0 Å². The molecule has 1 aromatic carbocycles. The summed E-state index contributed by atoms with van der Waals surface area (Å²) in [7, 11) is 2.57. The number of fused-ring (bicyclic) bond motifs is 1. The van der Waals surface area contributed by atoms with Gasteiger partial charge in [0, 0.05) is 19.6 Å². The molecule has 0 aliphatic heterocycles. The first-order valence-electron chi connectivity index (χ1n) is 4.84. The second-order valence-corrected chi connectivity index (χ2v) is 4.16. The fraction of sp³-hybridized carbons (Fsp3) is 0.273. The SMILES string of the molecule is COC(OC)(C(=O)O)c1nsc2ccccc12. The second-order valence-electron chi connectivity index (χ2n) is 3.36. The molecule has 0 saturated carbocycles. The van der Waals surface area contributed by atoms with E-state index in [-0.39, 0.29) is 5.69 Å². The maximum atomic E-state index is 11.3. The molecule has 1 N–H and O–H groups in total. The fourth-order valence-electron chi connectivity index (χ4n) is 1.68. The van der Waals surface area contributed by atoms with Gasteiger partial charge in [-0.2, -0.15) is 4.37 Å². The molecule has 0 aliphatic rings. The molecule has 0 spiro atoms. The van der Waals surface area contributed by atoms with Crippen LogP contribution in [0.15, 0.2) is 24.3 Å². The van der Waals surface area contributed by atoms with Crippen molar-refractivity contribution in [2.24, 2.45) is 0 Å². The van der Waals surface area contributed by atoms with E-state index in [1.807, 2.05) is 18.2 Å². The van der Waals surface area contributed by atoms with Gasteiger partial charge in [0.1, 0.15) is 5.69 Å². The first-order valence-corrected chi connectivity index (χ1v) is 5.61. The lowest BCUT2D eigenvalue weighted by Crippen LogP contribution is -2.40. The van der Waals surface area contributed by atoms with Crippen LogP contribution in [-0.4, -0.2) is 29.7 Å². The van der Waals surface area contributed by atoms with Crippen LogP contribution in [0.5, 0.6) is 0 Å². The number of hydrogen-bond donors (Lipinski definition) is 1. The molecule has 2 rings (SSSR count). The van der Waals surface area contributed by atoms with Gasteiger partial charge in [0.2, 0.25) is 0 Å². The molecule has 6 heteroatoms. The molecule has 2 aromatic rings. The highest BCUT2D eigenvalue weighted by Crippen LogP contribution is 2.33. The van der Waals surface area contributed by atoms with E-state index >= 15 is 0 Å². The Balaban J connectivity index is 2.69. The molecule has 0 saturated heterocycles. The van der Waals surface area contributed by atoms with Crippen molar-refractivity contribution >= 4 is 27.6 Å². The number of methoxy groups -OCH3 is 2. The van der Waals surface area contributed by atoms with E-state index in [0.717, 1.165) is 10.1 Å². The van der Waals surface area contributed by atoms with Gasteiger partial charge >= 0.3 is 11.8 Å². The number of carbonyl (C=O) groups is 1. The second kappa shape index (κ2) is 4.40. The van der Waals surface area contributed by atoms with Crippen molar-refractivity contribution in [1.29, 1.82) is 0 Å². The smallest absolute Gasteiger partial charge is 0.371 e. The normalized spacial score (nSPS) is 11.9. The van der Waals surface area contributed by atoms with Crippen molar-refractivity contribution < 1.29 is 19.4 Å². The van der Waals surface area contributed by atoms with Crippen molar-refractivity contribution in [3.8, 4) is 0 Å². The minimum Gasteiger partial charge on any atom is -0.477 e. The van der Waals surface area contributed by atoms with Crippen molar-refractivity contribution in [3.05, 3.63) is 30.0 Å². The summed E-state index contributed by atoms with van der Waals surface area (Å²) in [5, 5.41) is 10.00. The average Bonchev–Trinajstić information content (AvgIpc) is 2.76. The van der Waals surface area contributed by atoms with Crippen LogP contribution in [0.25, 0.3) is 10.1 Å². The van der Waals surface area contributed by atoms with Gasteiger partial charge in [-0.25, -0.2) is 4.79 Å². The summed E-state index contributed by atoms with van der Waals surface area (Å²) in [5.74, 6) is -3.07. The average molecular weight is 253 g/mol. The summed E-state index contributed by atoms with van der Waals surface area (Å²) in [6, 6.07) is 7.35. The Morgan fingerprint density at radius 1 is 1.35 bits per heavy atom. The monoisotopic (exact) mass is 253 g/mol. The van der Waals surface area contributed by atoms with E-state index in [2.05, 4.69) is 4.37 Å². The Morgan fingerprint density at radius 2 is 2.00 bits per heavy atom. The maximum absolute atomic E-state index is 11.3. The lowest BCUT2D eigenvalue weighted by Gasteiger charge is -2.24. The van der Waals surface area contributed by atoms with Crippen LogP contribution in [0.1, 0.15) is 5.69 Å². The third-order valence-electron chi connectivity index (χ3n) is 2.55. The molecule has 1 aromatic heterocycles. The molecule has 0 bridgehead atoms. The molecule has 0 aliphatic carbocycles. The summed E-state index contributed by atoms with van der Waals surface area (Å²) in [6.45, 7) is 0. The molecular weight excluding hydrogens is 242 g/mol. The van der Waals surface area contributed by atoms with Crippen LogP contribution in [0.3, 0.4) is 0 Å². The Hall–Kier alpha value is -1.50. The minimum absolute atomic E-state index is 0.274. The zero-order valence-electron chi connectivity index (χ0n) is 9.34. The zero-order valence-corrected chi connectivity index (χ0v) is 10.2. The topological polar surface area (TPSA) is 68.7 Å². The van der Waals surface area contributed by atoms with Crippen LogP contribution in [0.2, 0.25) is 0 Å². The van der Waals surface area contributed by atoms with E-state index < -0.39 is 11.8 Å². The minimum atomic E-state index is -1.85. The number of carboxylic acids is 1. The molecule has 0 radical (unpaired) electrons. The largest absolute Gasteiger partial charge is 0.477 e. The summed E-state index contributed by atoms with van der Waals surface area (Å²) < 4.78 is 15.1. The standard InChI is InChI=1S/C11H11NO4S/c1-15-11(16-2,10(13)14)9-7-5-3-4-6-8(7)17-12-9/h3-6H,1-2H3,(H,13,14). The molecule has 0 unspecified atom stereocenters. The Labute approximate surface area is 102 Å². The third-order valence-corrected chi connectivity index (χ3v) is 3.37. The van der Waals surface area contributed by atoms with Gasteiger partial charge in [0.05, 0.1) is 4.70 Å². The number of benzene rings is 1. The van der Waals surface area contributed by atoms with E-state index in [9.17, 15) is 9.90 Å². The quantitative estimate of drug-likeness (QED) is 0.842. The lowest BCUT2D eigenvalue weighted by molar-refractivity contribution is -0.231. The number of ether oxygens (including phenoxy) is 2. The van der Waals surface area contributed by atoms with Gasteiger partial charge in [-0.05, 0) is 17.6 Å². The van der Waals surface area contributed by atoms with E-state index in [1.165, 1.54) is 25.8 Å². The first-order chi connectivity index (χ1) is 8.15. The highest BCUT2D eigenvalue weighted by molar-refractivity contribution is 7.13. The van der Waals surface area contributed by atoms with Gasteiger partial charge in [-0.15, -0.1) is 0 Å². The van der Waals surface area contributed by atoms with Crippen molar-refractivity contribution in [2.45, 2.75) is 5.79 Å². The third kappa shape index (κ3) is 1.70. The Bertz CT molecular complexity index is 547. The molecule has 0 fully saturated rings. The summed E-state index contributed by atoms with van der Waals surface area (Å²) in [4.78, 5) is 11.3. The Kier molecular flexibility index (Phi) is 3.10. The molecule has 1 heterocycles. The van der Waals surface area contributed by atoms with E-state index in [1.54, 1.807) is 6.07 Å². The predicted octanol–water partition coefficient (Wildman–Crippen LogP) is 1.83. The van der Waals surface area contributed by atoms with Crippen molar-refractivity contribution in [2.75, 3.05) is 14.2 Å². The van der Waals surface area contributed by atoms with Gasteiger partial charge in [-0.1, -0.05) is 18.2 Å². The summed E-state index contributed by atoms with van der Waals surface area (Å²) in [5.41, 5.74) is 0.274. The number of nitrogens with zero attached hydrogens (tertiary/aromatic N) is 1. The first kappa shape index (κ1) is 12.0. The van der Waals surface area contributed by atoms with Gasteiger partial charge < -0.3 is 14.6 Å². The van der Waals surface area contributed by atoms with Crippen LogP contribution >= 0.6 is 11.5 Å². The fourth-order valence-corrected chi connectivity index (χ4v) is 2.49. The van der Waals surface area contributed by atoms with Gasteiger partial charge in [0.15, 0.2) is 0 Å². The number of aliphatic carboxylic acids is 1. The molecule has 0 amide bonds. The summed E-state index contributed by atoms with van der Waals surface area (Å²) in [6.07, 6.45) is 0. The Morgan fingerprint density at radius 3 is 2.59 bits per heavy atom. The van der Waals surface area contributed by atoms with Crippen molar-refractivity contribution in [1.82, 2.24) is 4.37 Å². The maximum Gasteiger partial charge on any atom is 0.371 e. The van der Waals surface area contributed by atoms with Crippen LogP contribution in [-0.2, 0) is 20.1 Å². The summed E-state index contributed by atoms with van der Waals surface area (Å²) >= 11 is 1.22. The van der Waals surface area contributed by atoms with E-state index in [4.69, 9.17) is 9.47 Å². The van der Waals surface area contributed by atoms with Crippen LogP contribution in [0, 0.1) is 0 Å². The number of hydrogen-bond acceptors (Lipinski definition) is 5. The molecule has 17 heavy (non-hydrogen) atoms. The molecule has 0 atom stereocenters. The van der Waals surface area contributed by atoms with Crippen LogP contribution in [0.4, 0.5) is 0 Å². The number of rotatable bonds is 4. The number of aromatic nitrogens is 1. The zero-order chi connectivity index (χ0) is 12.5. The van der Waals surface area contributed by atoms with Gasteiger partial charge in [-0.3, -0.25) is 0 Å². The molecule has 5 nitrogen and oxygen atoms in total. The highest BCUT2D eigenvalue weighted by atomic mass is 32.1. The van der Waals surface area contributed by atoms with Crippen molar-refractivity contribution in [3.63, 3.8) is 0 Å². The molecule has 90 valence electrons.